The Morgan fingerprint density at radius 3 is 2.69 bits per heavy atom. The molecule has 0 saturated heterocycles. The minimum Gasteiger partial charge on any atom is -0.461 e. The molecule has 4 rings (SSSR count). The van der Waals surface area contributed by atoms with E-state index in [0.29, 0.717) is 0 Å². The molecule has 1 amide bonds. The minimum absolute atomic E-state index is 0.0512. The number of rotatable bonds is 4. The number of para-hydroxylation sites is 1. The van der Waals surface area contributed by atoms with E-state index in [0.717, 1.165) is 26.9 Å². The number of hydrogen-bond donors (Lipinski definition) is 1. The van der Waals surface area contributed by atoms with E-state index in [1.54, 1.807) is 0 Å². The first-order valence-corrected chi connectivity index (χ1v) is 9.27. The van der Waals surface area contributed by atoms with Gasteiger partial charge in [0.2, 0.25) is 5.91 Å². The predicted octanol–water partition coefficient (Wildman–Crippen LogP) is 4.39. The van der Waals surface area contributed by atoms with E-state index in [1.807, 2.05) is 66.7 Å². The van der Waals surface area contributed by atoms with E-state index in [9.17, 15) is 9.59 Å². The molecule has 1 aliphatic rings. The van der Waals surface area contributed by atoms with E-state index >= 15 is 0 Å². The SMILES string of the molecule is O=C(C[C@@H]1Sc2ccccc2NC1=O)OCc1cccc2ccccc12. The number of carbonyl (C=O) groups excluding carboxylic acids is 2. The first-order valence-electron chi connectivity index (χ1n) is 8.39. The van der Waals surface area contributed by atoms with Crippen molar-refractivity contribution in [3.63, 3.8) is 0 Å². The largest absolute Gasteiger partial charge is 0.461 e. The summed E-state index contributed by atoms with van der Waals surface area (Å²) in [5, 5.41) is 4.56. The maximum atomic E-state index is 12.3. The summed E-state index contributed by atoms with van der Waals surface area (Å²) >= 11 is 1.40. The highest BCUT2D eigenvalue weighted by Gasteiger charge is 2.29. The molecule has 0 aromatic heterocycles. The minimum atomic E-state index is -0.468. The lowest BCUT2D eigenvalue weighted by molar-refractivity contribution is -0.145. The van der Waals surface area contributed by atoms with Gasteiger partial charge in [-0.2, -0.15) is 0 Å². The van der Waals surface area contributed by atoms with E-state index in [4.69, 9.17) is 4.74 Å². The molecule has 0 aliphatic carbocycles. The summed E-state index contributed by atoms with van der Waals surface area (Å²) in [6, 6.07) is 21.5. The predicted molar refractivity (Wildman–Crippen MR) is 103 cm³/mol. The van der Waals surface area contributed by atoms with Gasteiger partial charge in [-0.3, -0.25) is 9.59 Å². The Hall–Kier alpha value is -2.79. The summed E-state index contributed by atoms with van der Waals surface area (Å²) in [7, 11) is 0. The van der Waals surface area contributed by atoms with Crippen LogP contribution in [0.3, 0.4) is 0 Å². The Bertz CT molecular complexity index is 980. The van der Waals surface area contributed by atoms with Crippen LogP contribution < -0.4 is 5.32 Å². The second-order valence-electron chi connectivity index (χ2n) is 6.09. The lowest BCUT2D eigenvalue weighted by Crippen LogP contribution is -2.31. The maximum Gasteiger partial charge on any atom is 0.307 e. The van der Waals surface area contributed by atoms with Crippen molar-refractivity contribution in [2.75, 3.05) is 5.32 Å². The molecule has 26 heavy (non-hydrogen) atoms. The van der Waals surface area contributed by atoms with Crippen molar-refractivity contribution >= 4 is 40.1 Å². The van der Waals surface area contributed by atoms with E-state index < -0.39 is 5.25 Å². The number of benzene rings is 3. The number of amides is 1. The van der Waals surface area contributed by atoms with Gasteiger partial charge in [0.05, 0.1) is 17.4 Å². The van der Waals surface area contributed by atoms with Crippen LogP contribution in [0, 0.1) is 0 Å². The van der Waals surface area contributed by atoms with Crippen molar-refractivity contribution in [3.8, 4) is 0 Å². The highest BCUT2D eigenvalue weighted by Crippen LogP contribution is 2.36. The van der Waals surface area contributed by atoms with Gasteiger partial charge < -0.3 is 10.1 Å². The molecular weight excluding hydrogens is 346 g/mol. The van der Waals surface area contributed by atoms with Crippen LogP contribution in [-0.2, 0) is 20.9 Å². The number of carbonyl (C=O) groups is 2. The molecular formula is C21H17NO3S. The third-order valence-corrected chi connectivity index (χ3v) is 5.60. The quantitative estimate of drug-likeness (QED) is 0.699. The molecule has 1 N–H and O–H groups in total. The third kappa shape index (κ3) is 3.44. The zero-order valence-corrected chi connectivity index (χ0v) is 14.8. The lowest BCUT2D eigenvalue weighted by Gasteiger charge is -2.23. The van der Waals surface area contributed by atoms with Gasteiger partial charge in [0.15, 0.2) is 0 Å². The average Bonchev–Trinajstić information content (AvgIpc) is 2.67. The van der Waals surface area contributed by atoms with E-state index in [-0.39, 0.29) is 24.9 Å². The summed E-state index contributed by atoms with van der Waals surface area (Å²) in [5.74, 6) is -0.527. The molecule has 0 saturated carbocycles. The molecule has 3 aromatic rings. The molecule has 4 nitrogen and oxygen atoms in total. The number of hydrogen-bond acceptors (Lipinski definition) is 4. The molecule has 5 heteroatoms. The van der Waals surface area contributed by atoms with Gasteiger partial charge in [-0.15, -0.1) is 11.8 Å². The summed E-state index contributed by atoms with van der Waals surface area (Å²) in [6.45, 7) is 0.204. The molecule has 3 aromatic carbocycles. The average molecular weight is 363 g/mol. The highest BCUT2D eigenvalue weighted by molar-refractivity contribution is 8.01. The first kappa shape index (κ1) is 16.7. The van der Waals surface area contributed by atoms with Gasteiger partial charge in [-0.25, -0.2) is 0 Å². The molecule has 0 fully saturated rings. The summed E-state index contributed by atoms with van der Waals surface area (Å²) in [4.78, 5) is 25.4. The fraction of sp³-hybridized carbons (Fsp3) is 0.143. The van der Waals surface area contributed by atoms with Gasteiger partial charge in [0.1, 0.15) is 6.61 Å². The second-order valence-corrected chi connectivity index (χ2v) is 7.34. The van der Waals surface area contributed by atoms with Crippen molar-refractivity contribution in [1.82, 2.24) is 0 Å². The van der Waals surface area contributed by atoms with Crippen LogP contribution in [0.5, 0.6) is 0 Å². The Morgan fingerprint density at radius 2 is 1.77 bits per heavy atom. The topological polar surface area (TPSA) is 55.4 Å². The molecule has 1 aliphatic heterocycles. The molecule has 1 heterocycles. The van der Waals surface area contributed by atoms with Crippen molar-refractivity contribution in [3.05, 3.63) is 72.3 Å². The van der Waals surface area contributed by atoms with Crippen LogP contribution in [-0.4, -0.2) is 17.1 Å². The molecule has 1 atom stereocenters. The molecule has 0 bridgehead atoms. The number of ether oxygens (including phenoxy) is 1. The van der Waals surface area contributed by atoms with Crippen LogP contribution in [0.1, 0.15) is 12.0 Å². The third-order valence-electron chi connectivity index (χ3n) is 4.33. The molecule has 0 unspecified atom stereocenters. The lowest BCUT2D eigenvalue weighted by atomic mass is 10.1. The Morgan fingerprint density at radius 1 is 1.00 bits per heavy atom. The fourth-order valence-electron chi connectivity index (χ4n) is 3.01. The van der Waals surface area contributed by atoms with E-state index in [1.165, 1.54) is 11.8 Å². The van der Waals surface area contributed by atoms with Crippen molar-refractivity contribution in [2.45, 2.75) is 23.2 Å². The smallest absolute Gasteiger partial charge is 0.307 e. The van der Waals surface area contributed by atoms with Crippen LogP contribution in [0.25, 0.3) is 10.8 Å². The van der Waals surface area contributed by atoms with Crippen molar-refractivity contribution in [1.29, 1.82) is 0 Å². The van der Waals surface area contributed by atoms with Gasteiger partial charge in [0, 0.05) is 4.90 Å². The normalized spacial score (nSPS) is 16.0. The second kappa shape index (κ2) is 7.22. The van der Waals surface area contributed by atoms with Crippen LogP contribution in [0.15, 0.2) is 71.6 Å². The van der Waals surface area contributed by atoms with Crippen molar-refractivity contribution < 1.29 is 14.3 Å². The monoisotopic (exact) mass is 363 g/mol. The van der Waals surface area contributed by atoms with Crippen LogP contribution >= 0.6 is 11.8 Å². The first-order chi connectivity index (χ1) is 12.7. The number of anilines is 1. The van der Waals surface area contributed by atoms with Gasteiger partial charge in [-0.1, -0.05) is 54.6 Å². The number of fused-ring (bicyclic) bond motifs is 2. The molecule has 130 valence electrons. The van der Waals surface area contributed by atoms with Gasteiger partial charge in [-0.05, 0) is 28.5 Å². The summed E-state index contributed by atoms with van der Waals surface area (Å²) in [5.41, 5.74) is 1.76. The zero-order valence-electron chi connectivity index (χ0n) is 14.0. The summed E-state index contributed by atoms with van der Waals surface area (Å²) in [6.07, 6.45) is 0.0512. The Balaban J connectivity index is 1.41. The van der Waals surface area contributed by atoms with Gasteiger partial charge in [0.25, 0.3) is 0 Å². The van der Waals surface area contributed by atoms with Crippen LogP contribution in [0.2, 0.25) is 0 Å². The maximum absolute atomic E-state index is 12.3. The number of nitrogens with one attached hydrogen (secondary N) is 1. The number of thioether (sulfide) groups is 1. The Labute approximate surface area is 155 Å². The standard InChI is InChI=1S/C21H17NO3S/c23-20(12-19-21(24)22-17-10-3-4-11-18(17)26-19)25-13-15-8-5-7-14-6-1-2-9-16(14)15/h1-11,19H,12-13H2,(H,22,24)/t19-/m0/s1. The molecule has 0 spiro atoms. The van der Waals surface area contributed by atoms with Crippen molar-refractivity contribution in [2.24, 2.45) is 0 Å². The fourth-order valence-corrected chi connectivity index (χ4v) is 4.11. The van der Waals surface area contributed by atoms with Crippen LogP contribution in [0.4, 0.5) is 5.69 Å². The summed E-state index contributed by atoms with van der Waals surface area (Å²) < 4.78 is 5.44. The van der Waals surface area contributed by atoms with E-state index in [2.05, 4.69) is 5.32 Å². The number of esters is 1. The highest BCUT2D eigenvalue weighted by atomic mass is 32.2. The van der Waals surface area contributed by atoms with Gasteiger partial charge >= 0.3 is 5.97 Å². The zero-order chi connectivity index (χ0) is 17.9. The Kier molecular flexibility index (Phi) is 4.63. The molecule has 0 radical (unpaired) electrons.